The highest BCUT2D eigenvalue weighted by Crippen LogP contribution is 2.36. The van der Waals surface area contributed by atoms with Crippen LogP contribution in [0.25, 0.3) is 0 Å². The first-order valence-corrected chi connectivity index (χ1v) is 7.75. The second-order valence-corrected chi connectivity index (χ2v) is 6.35. The second-order valence-electron chi connectivity index (χ2n) is 5.44. The van der Waals surface area contributed by atoms with E-state index in [9.17, 15) is 4.39 Å². The maximum Gasteiger partial charge on any atom is 0.128 e. The van der Waals surface area contributed by atoms with Crippen LogP contribution < -0.4 is 5.73 Å². The van der Waals surface area contributed by atoms with Gasteiger partial charge in [0, 0.05) is 10.0 Å². The lowest BCUT2D eigenvalue weighted by Crippen LogP contribution is -2.14. The van der Waals surface area contributed by atoms with Gasteiger partial charge in [0.05, 0.1) is 6.04 Å². The number of hydrogen-bond acceptors (Lipinski definition) is 1. The Morgan fingerprint density at radius 3 is 2.40 bits per heavy atom. The van der Waals surface area contributed by atoms with Crippen molar-refractivity contribution in [1.29, 1.82) is 0 Å². The van der Waals surface area contributed by atoms with Crippen LogP contribution in [0.2, 0.25) is 0 Å². The molecular weight excluding hydrogens is 317 g/mol. The van der Waals surface area contributed by atoms with Gasteiger partial charge in [-0.2, -0.15) is 0 Å². The van der Waals surface area contributed by atoms with Crippen molar-refractivity contribution in [3.8, 4) is 0 Å². The molecule has 0 amide bonds. The standard InChI is InChI=1S/C17H17BrFN/c18-14-8-9-16(19)15(10-14)17(20)13-6-4-12(5-7-13)11-2-1-3-11/h4-11,17H,1-3,20H2. The van der Waals surface area contributed by atoms with Gasteiger partial charge in [-0.1, -0.05) is 46.6 Å². The van der Waals surface area contributed by atoms with Crippen molar-refractivity contribution in [1.82, 2.24) is 0 Å². The minimum Gasteiger partial charge on any atom is -0.320 e. The highest BCUT2D eigenvalue weighted by atomic mass is 79.9. The van der Waals surface area contributed by atoms with Crippen LogP contribution in [0.3, 0.4) is 0 Å². The maximum atomic E-state index is 13.9. The first kappa shape index (κ1) is 13.8. The average molecular weight is 334 g/mol. The zero-order valence-electron chi connectivity index (χ0n) is 11.2. The maximum absolute atomic E-state index is 13.9. The third kappa shape index (κ3) is 2.65. The summed E-state index contributed by atoms with van der Waals surface area (Å²) in [5.74, 6) is 0.451. The van der Waals surface area contributed by atoms with E-state index in [-0.39, 0.29) is 5.82 Å². The molecule has 104 valence electrons. The summed E-state index contributed by atoms with van der Waals surface area (Å²) in [6.07, 6.45) is 3.90. The number of hydrogen-bond donors (Lipinski definition) is 1. The third-order valence-electron chi connectivity index (χ3n) is 4.17. The summed E-state index contributed by atoms with van der Waals surface area (Å²) in [4.78, 5) is 0. The van der Waals surface area contributed by atoms with Gasteiger partial charge in [-0.15, -0.1) is 0 Å². The van der Waals surface area contributed by atoms with Gasteiger partial charge < -0.3 is 5.73 Å². The van der Waals surface area contributed by atoms with E-state index in [2.05, 4.69) is 28.1 Å². The number of rotatable bonds is 3. The molecule has 1 nitrogen and oxygen atoms in total. The van der Waals surface area contributed by atoms with Crippen molar-refractivity contribution < 1.29 is 4.39 Å². The van der Waals surface area contributed by atoms with Gasteiger partial charge in [0.15, 0.2) is 0 Å². The summed E-state index contributed by atoms with van der Waals surface area (Å²) < 4.78 is 14.7. The van der Waals surface area contributed by atoms with E-state index in [4.69, 9.17) is 5.73 Å². The van der Waals surface area contributed by atoms with Crippen molar-refractivity contribution in [2.24, 2.45) is 5.73 Å². The summed E-state index contributed by atoms with van der Waals surface area (Å²) in [7, 11) is 0. The molecule has 2 N–H and O–H groups in total. The molecule has 2 aromatic carbocycles. The van der Waals surface area contributed by atoms with Crippen molar-refractivity contribution in [2.45, 2.75) is 31.2 Å². The first-order chi connectivity index (χ1) is 9.65. The van der Waals surface area contributed by atoms with Crippen LogP contribution in [0.1, 0.15) is 47.9 Å². The van der Waals surface area contributed by atoms with Crippen LogP contribution in [-0.2, 0) is 0 Å². The van der Waals surface area contributed by atoms with E-state index >= 15 is 0 Å². The van der Waals surface area contributed by atoms with Crippen LogP contribution in [0, 0.1) is 5.82 Å². The Morgan fingerprint density at radius 1 is 1.10 bits per heavy atom. The fraction of sp³-hybridized carbons (Fsp3) is 0.294. The smallest absolute Gasteiger partial charge is 0.128 e. The van der Waals surface area contributed by atoms with Gasteiger partial charge in [-0.25, -0.2) is 4.39 Å². The monoisotopic (exact) mass is 333 g/mol. The van der Waals surface area contributed by atoms with Gasteiger partial charge in [-0.3, -0.25) is 0 Å². The summed E-state index contributed by atoms with van der Waals surface area (Å²) in [5.41, 5.74) is 9.05. The topological polar surface area (TPSA) is 26.0 Å². The van der Waals surface area contributed by atoms with Crippen molar-refractivity contribution in [2.75, 3.05) is 0 Å². The molecule has 1 fully saturated rings. The van der Waals surface area contributed by atoms with E-state index in [0.717, 1.165) is 10.0 Å². The minimum atomic E-state index is -0.428. The van der Waals surface area contributed by atoms with E-state index in [0.29, 0.717) is 11.5 Å². The van der Waals surface area contributed by atoms with Crippen LogP contribution in [0.4, 0.5) is 4.39 Å². The zero-order chi connectivity index (χ0) is 14.1. The Kier molecular flexibility index (Phi) is 3.90. The molecular formula is C17H17BrFN. The number of halogens is 2. The lowest BCUT2D eigenvalue weighted by Gasteiger charge is -2.26. The molecule has 0 bridgehead atoms. The van der Waals surface area contributed by atoms with E-state index in [1.165, 1.54) is 30.9 Å². The molecule has 3 rings (SSSR count). The molecule has 0 aromatic heterocycles. The van der Waals surface area contributed by atoms with E-state index < -0.39 is 6.04 Å². The van der Waals surface area contributed by atoms with Crippen molar-refractivity contribution in [3.63, 3.8) is 0 Å². The SMILES string of the molecule is NC(c1ccc(C2CCC2)cc1)c1cc(Br)ccc1F. The predicted octanol–water partition coefficient (Wildman–Crippen LogP) is 4.90. The number of benzene rings is 2. The van der Waals surface area contributed by atoms with E-state index in [1.54, 1.807) is 12.1 Å². The highest BCUT2D eigenvalue weighted by molar-refractivity contribution is 9.10. The van der Waals surface area contributed by atoms with Gasteiger partial charge in [0.2, 0.25) is 0 Å². The normalized spacial score (nSPS) is 16.8. The van der Waals surface area contributed by atoms with Crippen LogP contribution in [-0.4, -0.2) is 0 Å². The molecule has 1 saturated carbocycles. The van der Waals surface area contributed by atoms with Crippen molar-refractivity contribution in [3.05, 3.63) is 69.4 Å². The third-order valence-corrected chi connectivity index (χ3v) is 4.66. The quantitative estimate of drug-likeness (QED) is 0.848. The molecule has 0 saturated heterocycles. The lowest BCUT2D eigenvalue weighted by molar-refractivity contribution is 0.419. The Labute approximate surface area is 127 Å². The highest BCUT2D eigenvalue weighted by Gasteiger charge is 2.20. The molecule has 1 unspecified atom stereocenters. The minimum absolute atomic E-state index is 0.260. The summed E-state index contributed by atoms with van der Waals surface area (Å²) >= 11 is 3.36. The van der Waals surface area contributed by atoms with Gasteiger partial charge in [0.25, 0.3) is 0 Å². The molecule has 2 aromatic rings. The summed E-state index contributed by atoms with van der Waals surface area (Å²) in [6.45, 7) is 0. The molecule has 1 atom stereocenters. The summed E-state index contributed by atoms with van der Waals surface area (Å²) in [5, 5.41) is 0. The molecule has 0 spiro atoms. The van der Waals surface area contributed by atoms with Crippen LogP contribution in [0.15, 0.2) is 46.9 Å². The van der Waals surface area contributed by atoms with Crippen LogP contribution >= 0.6 is 15.9 Å². The molecule has 20 heavy (non-hydrogen) atoms. The lowest BCUT2D eigenvalue weighted by atomic mass is 9.79. The van der Waals surface area contributed by atoms with Gasteiger partial charge >= 0.3 is 0 Å². The Hall–Kier alpha value is -1.19. The number of nitrogens with two attached hydrogens (primary N) is 1. The average Bonchev–Trinajstić information content (AvgIpc) is 2.40. The van der Waals surface area contributed by atoms with Crippen LogP contribution in [0.5, 0.6) is 0 Å². The Bertz CT molecular complexity index is 605. The van der Waals surface area contributed by atoms with Gasteiger partial charge in [0.1, 0.15) is 5.82 Å². The fourth-order valence-electron chi connectivity index (χ4n) is 2.65. The second kappa shape index (κ2) is 5.66. The molecule has 1 aliphatic carbocycles. The molecule has 1 aliphatic rings. The molecule has 0 heterocycles. The van der Waals surface area contributed by atoms with E-state index in [1.807, 2.05) is 12.1 Å². The molecule has 0 aliphatic heterocycles. The summed E-state index contributed by atoms with van der Waals surface area (Å²) in [6, 6.07) is 12.8. The Balaban J connectivity index is 1.85. The first-order valence-electron chi connectivity index (χ1n) is 6.95. The molecule has 0 radical (unpaired) electrons. The largest absolute Gasteiger partial charge is 0.320 e. The fourth-order valence-corrected chi connectivity index (χ4v) is 3.03. The van der Waals surface area contributed by atoms with Crippen molar-refractivity contribution >= 4 is 15.9 Å². The Morgan fingerprint density at radius 2 is 1.80 bits per heavy atom. The zero-order valence-corrected chi connectivity index (χ0v) is 12.7. The predicted molar refractivity (Wildman–Crippen MR) is 83.2 cm³/mol. The van der Waals surface area contributed by atoms with Gasteiger partial charge in [-0.05, 0) is 48.1 Å². The molecule has 3 heteroatoms.